The van der Waals surface area contributed by atoms with Gasteiger partial charge in [0.25, 0.3) is 5.91 Å². The number of carbonyl (C=O) groups excluding carboxylic acids is 1. The Morgan fingerprint density at radius 3 is 2.64 bits per heavy atom. The molecule has 2 N–H and O–H groups in total. The summed E-state index contributed by atoms with van der Waals surface area (Å²) >= 11 is 0. The zero-order valence-electron chi connectivity index (χ0n) is 14.8. The van der Waals surface area contributed by atoms with Gasteiger partial charge in [-0.25, -0.2) is 8.42 Å². The second-order valence-electron chi connectivity index (χ2n) is 6.02. The van der Waals surface area contributed by atoms with Crippen molar-refractivity contribution in [3.63, 3.8) is 0 Å². The van der Waals surface area contributed by atoms with E-state index in [0.717, 1.165) is 25.9 Å². The van der Waals surface area contributed by atoms with E-state index < -0.39 is 10.0 Å². The molecule has 1 heterocycles. The van der Waals surface area contributed by atoms with Gasteiger partial charge < -0.3 is 10.6 Å². The summed E-state index contributed by atoms with van der Waals surface area (Å²) in [6, 6.07) is 6.26. The molecular weight excluding hydrogens is 362 g/mol. The molecule has 0 spiro atoms. The maximum absolute atomic E-state index is 12.5. The molecule has 6 nitrogen and oxygen atoms in total. The van der Waals surface area contributed by atoms with Crippen molar-refractivity contribution in [1.29, 1.82) is 0 Å². The van der Waals surface area contributed by atoms with Gasteiger partial charge in [0.15, 0.2) is 0 Å². The number of hydrogen-bond acceptors (Lipinski definition) is 4. The van der Waals surface area contributed by atoms with Gasteiger partial charge in [0, 0.05) is 25.2 Å². The van der Waals surface area contributed by atoms with E-state index in [1.807, 2.05) is 0 Å². The number of nitrogens with one attached hydrogen (secondary N) is 2. The molecular formula is C17H28ClN3O3S. The average Bonchev–Trinajstić information content (AvgIpc) is 3.09. The van der Waals surface area contributed by atoms with Crippen LogP contribution in [0.1, 0.15) is 37.0 Å². The molecule has 0 aromatic heterocycles. The molecule has 1 saturated heterocycles. The first-order valence-electron chi connectivity index (χ1n) is 8.58. The molecule has 1 aliphatic rings. The number of sulfonamides is 1. The molecule has 1 aromatic rings. The molecule has 0 aliphatic carbocycles. The van der Waals surface area contributed by atoms with Crippen LogP contribution < -0.4 is 10.6 Å². The fourth-order valence-electron chi connectivity index (χ4n) is 2.96. The minimum absolute atomic E-state index is 0. The maximum atomic E-state index is 12.5. The Bertz CT molecular complexity index is 657. The smallest absolute Gasteiger partial charge is 0.251 e. The summed E-state index contributed by atoms with van der Waals surface area (Å²) in [6.07, 6.45) is 2.09. The summed E-state index contributed by atoms with van der Waals surface area (Å²) in [4.78, 5) is 12.4. The molecule has 25 heavy (non-hydrogen) atoms. The summed E-state index contributed by atoms with van der Waals surface area (Å²) in [5.74, 6) is 0.386. The first-order valence-corrected chi connectivity index (χ1v) is 10.0. The van der Waals surface area contributed by atoms with Gasteiger partial charge in [0.2, 0.25) is 10.0 Å². The van der Waals surface area contributed by atoms with Crippen LogP contribution in [-0.2, 0) is 10.0 Å². The number of rotatable bonds is 8. The van der Waals surface area contributed by atoms with Crippen LogP contribution in [0, 0.1) is 5.92 Å². The fraction of sp³-hybridized carbons (Fsp3) is 0.588. The van der Waals surface area contributed by atoms with Crippen LogP contribution in [0.4, 0.5) is 0 Å². The van der Waals surface area contributed by atoms with Crippen LogP contribution in [0.15, 0.2) is 29.2 Å². The van der Waals surface area contributed by atoms with Crippen molar-refractivity contribution < 1.29 is 13.2 Å². The molecule has 0 radical (unpaired) electrons. The Morgan fingerprint density at radius 1 is 1.32 bits per heavy atom. The number of hydrogen-bond donors (Lipinski definition) is 2. The van der Waals surface area contributed by atoms with Crippen LogP contribution >= 0.6 is 12.4 Å². The summed E-state index contributed by atoms with van der Waals surface area (Å²) in [7, 11) is -3.55. The minimum Gasteiger partial charge on any atom is -0.352 e. The van der Waals surface area contributed by atoms with E-state index in [4.69, 9.17) is 0 Å². The number of halogens is 1. The van der Waals surface area contributed by atoms with Gasteiger partial charge in [-0.1, -0.05) is 19.9 Å². The molecule has 1 unspecified atom stereocenters. The van der Waals surface area contributed by atoms with E-state index in [0.29, 0.717) is 31.1 Å². The standard InChI is InChI=1S/C17H27N3O3S.ClH/c1-3-20(4-2)24(22,23)16-7-5-6-15(12-16)17(21)19-11-9-14-8-10-18-13-14;/h5-7,12,14,18H,3-4,8-11,13H2,1-2H3,(H,19,21);1H. The molecule has 142 valence electrons. The molecule has 1 atom stereocenters. The normalized spacial score (nSPS) is 17.3. The molecule has 1 aliphatic heterocycles. The molecule has 1 amide bonds. The largest absolute Gasteiger partial charge is 0.352 e. The van der Waals surface area contributed by atoms with Crippen molar-refractivity contribution in [2.45, 2.75) is 31.6 Å². The van der Waals surface area contributed by atoms with Gasteiger partial charge in [-0.2, -0.15) is 4.31 Å². The van der Waals surface area contributed by atoms with E-state index in [2.05, 4.69) is 10.6 Å². The Labute approximate surface area is 156 Å². The SMILES string of the molecule is CCN(CC)S(=O)(=O)c1cccc(C(=O)NCCC2CCNC2)c1.Cl. The molecule has 1 aromatic carbocycles. The van der Waals surface area contributed by atoms with Crippen LogP contribution in [0.3, 0.4) is 0 Å². The first kappa shape index (κ1) is 21.9. The Hall–Kier alpha value is -1.15. The van der Waals surface area contributed by atoms with Crippen molar-refractivity contribution in [1.82, 2.24) is 14.9 Å². The number of amides is 1. The lowest BCUT2D eigenvalue weighted by atomic mass is 10.1. The molecule has 2 rings (SSSR count). The number of nitrogens with zero attached hydrogens (tertiary/aromatic N) is 1. The van der Waals surface area contributed by atoms with Gasteiger partial charge in [0.05, 0.1) is 4.90 Å². The number of carbonyl (C=O) groups is 1. The Balaban J connectivity index is 0.00000312. The third kappa shape index (κ3) is 5.67. The second kappa shape index (κ2) is 10.1. The van der Waals surface area contributed by atoms with Crippen LogP contribution in [0.2, 0.25) is 0 Å². The third-order valence-electron chi connectivity index (χ3n) is 4.44. The van der Waals surface area contributed by atoms with Crippen molar-refractivity contribution in [3.05, 3.63) is 29.8 Å². The third-order valence-corrected chi connectivity index (χ3v) is 6.49. The molecule has 8 heteroatoms. The first-order chi connectivity index (χ1) is 11.5. The van der Waals surface area contributed by atoms with Gasteiger partial charge >= 0.3 is 0 Å². The highest BCUT2D eigenvalue weighted by atomic mass is 35.5. The Morgan fingerprint density at radius 2 is 2.04 bits per heavy atom. The van der Waals surface area contributed by atoms with Crippen LogP contribution in [0.25, 0.3) is 0 Å². The highest BCUT2D eigenvalue weighted by molar-refractivity contribution is 7.89. The van der Waals surface area contributed by atoms with Gasteiger partial charge in [-0.3, -0.25) is 4.79 Å². The Kier molecular flexibility index (Phi) is 8.85. The van der Waals surface area contributed by atoms with Gasteiger partial charge in [-0.15, -0.1) is 12.4 Å². The molecule has 0 bridgehead atoms. The summed E-state index contributed by atoms with van der Waals surface area (Å²) in [5.41, 5.74) is 0.382. The van der Waals surface area contributed by atoms with Crippen LogP contribution in [-0.4, -0.2) is 51.4 Å². The summed E-state index contributed by atoms with van der Waals surface area (Å²) in [6.45, 7) is 7.08. The lowest BCUT2D eigenvalue weighted by Crippen LogP contribution is -2.31. The van der Waals surface area contributed by atoms with Crippen molar-refractivity contribution in [3.8, 4) is 0 Å². The van der Waals surface area contributed by atoms with Crippen LogP contribution in [0.5, 0.6) is 0 Å². The highest BCUT2D eigenvalue weighted by Gasteiger charge is 2.22. The summed E-state index contributed by atoms with van der Waals surface area (Å²) < 4.78 is 26.5. The van der Waals surface area contributed by atoms with E-state index in [9.17, 15) is 13.2 Å². The van der Waals surface area contributed by atoms with Gasteiger partial charge in [0.1, 0.15) is 0 Å². The quantitative estimate of drug-likeness (QED) is 0.711. The van der Waals surface area contributed by atoms with E-state index in [-0.39, 0.29) is 23.2 Å². The predicted octanol–water partition coefficient (Wildman–Crippen LogP) is 1.87. The monoisotopic (exact) mass is 389 g/mol. The van der Waals surface area contributed by atoms with Crippen molar-refractivity contribution >= 4 is 28.3 Å². The lowest BCUT2D eigenvalue weighted by molar-refractivity contribution is 0.0951. The molecule has 0 saturated carbocycles. The highest BCUT2D eigenvalue weighted by Crippen LogP contribution is 2.17. The van der Waals surface area contributed by atoms with Gasteiger partial charge in [-0.05, 0) is 50.0 Å². The van der Waals surface area contributed by atoms with E-state index in [1.54, 1.807) is 26.0 Å². The topological polar surface area (TPSA) is 78.5 Å². The fourth-order valence-corrected chi connectivity index (χ4v) is 4.47. The van der Waals surface area contributed by atoms with E-state index in [1.165, 1.54) is 16.4 Å². The zero-order chi connectivity index (χ0) is 17.6. The molecule has 1 fully saturated rings. The minimum atomic E-state index is -3.55. The second-order valence-corrected chi connectivity index (χ2v) is 7.96. The lowest BCUT2D eigenvalue weighted by Gasteiger charge is -2.18. The average molecular weight is 390 g/mol. The van der Waals surface area contributed by atoms with Crippen molar-refractivity contribution in [2.24, 2.45) is 5.92 Å². The summed E-state index contributed by atoms with van der Waals surface area (Å²) in [5, 5.41) is 6.19. The predicted molar refractivity (Wildman–Crippen MR) is 102 cm³/mol. The van der Waals surface area contributed by atoms with E-state index >= 15 is 0 Å². The zero-order valence-corrected chi connectivity index (χ0v) is 16.5. The maximum Gasteiger partial charge on any atom is 0.251 e. The van der Waals surface area contributed by atoms with Crippen molar-refractivity contribution in [2.75, 3.05) is 32.7 Å². The number of benzene rings is 1.